The molecule has 2 aromatic heterocycles. The van der Waals surface area contributed by atoms with Crippen LogP contribution in [0.3, 0.4) is 0 Å². The number of nitrogens with one attached hydrogen (secondary N) is 1. The molecule has 2 unspecified atom stereocenters. The topological polar surface area (TPSA) is 58.1 Å². The van der Waals surface area contributed by atoms with E-state index in [4.69, 9.17) is 0 Å². The molecule has 0 aliphatic carbocycles. The molecular formula is C18H26N4OS. The van der Waals surface area contributed by atoms with Gasteiger partial charge in [-0.25, -0.2) is 9.97 Å². The first-order valence-electron chi connectivity index (χ1n) is 8.81. The Labute approximate surface area is 147 Å². The minimum Gasteiger partial charge on any atom is -0.360 e. The first kappa shape index (κ1) is 17.1. The van der Waals surface area contributed by atoms with Crippen molar-refractivity contribution >= 4 is 33.3 Å². The first-order chi connectivity index (χ1) is 11.5. The molecule has 0 spiro atoms. The summed E-state index contributed by atoms with van der Waals surface area (Å²) >= 11 is 1.70. The molecule has 3 rings (SSSR count). The van der Waals surface area contributed by atoms with Gasteiger partial charge < -0.3 is 10.2 Å². The Kier molecular flexibility index (Phi) is 5.04. The second-order valence-corrected chi connectivity index (χ2v) is 7.80. The fraction of sp³-hybridized carbons (Fsp3) is 0.611. The number of amides is 1. The highest BCUT2D eigenvalue weighted by Gasteiger charge is 2.28. The standard InChI is InChI=1S/C18H26N4OS/c1-5-14-9-15-17(20-13(4)21-18(15)24-14)19-10-16(23)22-11(2)7-6-8-12(22)3/h9,11-12H,5-8,10H2,1-4H3,(H,19,20,21). The molecule has 1 N–H and O–H groups in total. The zero-order valence-corrected chi connectivity index (χ0v) is 15.7. The van der Waals surface area contributed by atoms with Crippen LogP contribution in [0.1, 0.15) is 50.7 Å². The van der Waals surface area contributed by atoms with Gasteiger partial charge >= 0.3 is 0 Å². The van der Waals surface area contributed by atoms with E-state index in [1.54, 1.807) is 11.3 Å². The SMILES string of the molecule is CCc1cc2c(NCC(=O)N3C(C)CCCC3C)nc(C)nc2s1. The summed E-state index contributed by atoms with van der Waals surface area (Å²) < 4.78 is 0. The van der Waals surface area contributed by atoms with E-state index in [0.717, 1.165) is 41.1 Å². The quantitative estimate of drug-likeness (QED) is 0.916. The zero-order chi connectivity index (χ0) is 17.3. The summed E-state index contributed by atoms with van der Waals surface area (Å²) in [5, 5.41) is 4.29. The molecule has 2 atom stereocenters. The Morgan fingerprint density at radius 3 is 2.71 bits per heavy atom. The Hall–Kier alpha value is -1.69. The predicted molar refractivity (Wildman–Crippen MR) is 99.6 cm³/mol. The molecule has 6 heteroatoms. The number of thiophene rings is 1. The summed E-state index contributed by atoms with van der Waals surface area (Å²) in [6.07, 6.45) is 4.38. The largest absolute Gasteiger partial charge is 0.360 e. The van der Waals surface area contributed by atoms with E-state index in [0.29, 0.717) is 12.1 Å². The summed E-state index contributed by atoms with van der Waals surface area (Å²) in [4.78, 5) is 26.1. The number of likely N-dealkylation sites (tertiary alicyclic amines) is 1. The van der Waals surface area contributed by atoms with Crippen LogP contribution in [0.4, 0.5) is 5.82 Å². The molecule has 3 heterocycles. The number of piperidine rings is 1. The average Bonchev–Trinajstić information content (AvgIpc) is 2.95. The third-order valence-electron chi connectivity index (χ3n) is 4.79. The zero-order valence-electron chi connectivity index (χ0n) is 14.9. The van der Waals surface area contributed by atoms with Crippen LogP contribution in [0, 0.1) is 6.92 Å². The molecule has 24 heavy (non-hydrogen) atoms. The minimum absolute atomic E-state index is 0.157. The van der Waals surface area contributed by atoms with Crippen molar-refractivity contribution in [2.24, 2.45) is 0 Å². The fourth-order valence-corrected chi connectivity index (χ4v) is 4.56. The van der Waals surface area contributed by atoms with Gasteiger partial charge in [-0.05, 0) is 52.5 Å². The Bertz CT molecular complexity index is 732. The lowest BCUT2D eigenvalue weighted by Gasteiger charge is -2.39. The number of fused-ring (bicyclic) bond motifs is 1. The van der Waals surface area contributed by atoms with E-state index in [1.165, 1.54) is 11.3 Å². The van der Waals surface area contributed by atoms with Gasteiger partial charge in [0.2, 0.25) is 5.91 Å². The molecule has 0 bridgehead atoms. The molecule has 1 saturated heterocycles. The molecule has 0 radical (unpaired) electrons. The van der Waals surface area contributed by atoms with Crippen molar-refractivity contribution in [2.45, 2.75) is 65.5 Å². The van der Waals surface area contributed by atoms with E-state index < -0.39 is 0 Å². The van der Waals surface area contributed by atoms with E-state index in [1.807, 2.05) is 11.8 Å². The van der Waals surface area contributed by atoms with E-state index in [2.05, 4.69) is 42.1 Å². The molecule has 0 saturated carbocycles. The van der Waals surface area contributed by atoms with Crippen LogP contribution in [-0.4, -0.2) is 39.4 Å². The van der Waals surface area contributed by atoms with Crippen LogP contribution in [0.15, 0.2) is 6.07 Å². The maximum atomic E-state index is 12.7. The van der Waals surface area contributed by atoms with Crippen LogP contribution in [0.2, 0.25) is 0 Å². The second kappa shape index (κ2) is 7.05. The predicted octanol–water partition coefficient (Wildman–Crippen LogP) is 3.76. The lowest BCUT2D eigenvalue weighted by Crippen LogP contribution is -2.49. The number of hydrogen-bond donors (Lipinski definition) is 1. The highest BCUT2D eigenvalue weighted by molar-refractivity contribution is 7.18. The average molecular weight is 347 g/mol. The molecule has 2 aromatic rings. The summed E-state index contributed by atoms with van der Waals surface area (Å²) in [6, 6.07) is 2.78. The molecule has 1 fully saturated rings. The van der Waals surface area contributed by atoms with Crippen LogP contribution in [0.5, 0.6) is 0 Å². The third-order valence-corrected chi connectivity index (χ3v) is 5.97. The number of anilines is 1. The fourth-order valence-electron chi connectivity index (χ4n) is 3.55. The summed E-state index contributed by atoms with van der Waals surface area (Å²) in [5.41, 5.74) is 0. The van der Waals surface area contributed by atoms with Crippen molar-refractivity contribution in [1.29, 1.82) is 0 Å². The van der Waals surface area contributed by atoms with Gasteiger partial charge in [-0.3, -0.25) is 4.79 Å². The molecule has 130 valence electrons. The Morgan fingerprint density at radius 2 is 2.04 bits per heavy atom. The monoisotopic (exact) mass is 346 g/mol. The maximum Gasteiger partial charge on any atom is 0.242 e. The first-order valence-corrected chi connectivity index (χ1v) is 9.63. The highest BCUT2D eigenvalue weighted by atomic mass is 32.1. The summed E-state index contributed by atoms with van der Waals surface area (Å²) in [6.45, 7) is 8.62. The Balaban J connectivity index is 1.77. The summed E-state index contributed by atoms with van der Waals surface area (Å²) in [5.74, 6) is 1.67. The number of aromatic nitrogens is 2. The van der Waals surface area contributed by atoms with Gasteiger partial charge in [0, 0.05) is 17.0 Å². The van der Waals surface area contributed by atoms with Gasteiger partial charge in [0.05, 0.1) is 11.9 Å². The maximum absolute atomic E-state index is 12.7. The van der Waals surface area contributed by atoms with Gasteiger partial charge in [-0.2, -0.15) is 0 Å². The van der Waals surface area contributed by atoms with E-state index in [9.17, 15) is 4.79 Å². The highest BCUT2D eigenvalue weighted by Crippen LogP contribution is 2.29. The summed E-state index contributed by atoms with van der Waals surface area (Å²) in [7, 11) is 0. The van der Waals surface area contributed by atoms with Crippen molar-refractivity contribution in [3.63, 3.8) is 0 Å². The van der Waals surface area contributed by atoms with Gasteiger partial charge in [-0.1, -0.05) is 6.92 Å². The molecular weight excluding hydrogens is 320 g/mol. The van der Waals surface area contributed by atoms with Crippen LogP contribution in [-0.2, 0) is 11.2 Å². The third kappa shape index (κ3) is 3.38. The molecule has 5 nitrogen and oxygen atoms in total. The number of carbonyl (C=O) groups is 1. The van der Waals surface area contributed by atoms with Crippen molar-refractivity contribution in [3.05, 3.63) is 16.8 Å². The second-order valence-electron chi connectivity index (χ2n) is 6.69. The molecule has 1 aliphatic heterocycles. The van der Waals surface area contributed by atoms with E-state index >= 15 is 0 Å². The molecule has 0 aromatic carbocycles. The van der Waals surface area contributed by atoms with Gasteiger partial charge in [0.15, 0.2) is 0 Å². The van der Waals surface area contributed by atoms with Crippen molar-refractivity contribution in [3.8, 4) is 0 Å². The van der Waals surface area contributed by atoms with Crippen molar-refractivity contribution in [2.75, 3.05) is 11.9 Å². The number of hydrogen-bond acceptors (Lipinski definition) is 5. The lowest BCUT2D eigenvalue weighted by molar-refractivity contribution is -0.135. The van der Waals surface area contributed by atoms with Crippen molar-refractivity contribution < 1.29 is 4.79 Å². The smallest absolute Gasteiger partial charge is 0.242 e. The van der Waals surface area contributed by atoms with Gasteiger partial charge in [0.25, 0.3) is 0 Å². The van der Waals surface area contributed by atoms with Crippen molar-refractivity contribution in [1.82, 2.24) is 14.9 Å². The van der Waals surface area contributed by atoms with E-state index in [-0.39, 0.29) is 12.5 Å². The lowest BCUT2D eigenvalue weighted by atomic mass is 9.97. The molecule has 1 amide bonds. The Morgan fingerprint density at radius 1 is 1.33 bits per heavy atom. The van der Waals surface area contributed by atoms with Gasteiger partial charge in [0.1, 0.15) is 16.5 Å². The number of nitrogens with zero attached hydrogens (tertiary/aromatic N) is 3. The van der Waals surface area contributed by atoms with Gasteiger partial charge in [-0.15, -0.1) is 11.3 Å². The molecule has 1 aliphatic rings. The van der Waals surface area contributed by atoms with Crippen LogP contribution < -0.4 is 5.32 Å². The number of aryl methyl sites for hydroxylation is 2. The number of carbonyl (C=O) groups excluding carboxylic acids is 1. The minimum atomic E-state index is 0.157. The van der Waals surface area contributed by atoms with Crippen LogP contribution >= 0.6 is 11.3 Å². The van der Waals surface area contributed by atoms with Crippen LogP contribution in [0.25, 0.3) is 10.2 Å². The number of rotatable bonds is 4. The normalized spacial score (nSPS) is 21.2.